The van der Waals surface area contributed by atoms with Crippen LogP contribution in [0.2, 0.25) is 0 Å². The molecule has 0 aromatic rings. The molecule has 2 saturated heterocycles. The SMILES string of the molecule is OCC1C(O)C(O)C2CCCN12. The fraction of sp³-hybridized carbons (Fsp3) is 1.00. The highest BCUT2D eigenvalue weighted by Gasteiger charge is 2.48. The van der Waals surface area contributed by atoms with Crippen LogP contribution in [0.4, 0.5) is 0 Å². The molecule has 0 saturated carbocycles. The predicted octanol–water partition coefficient (Wildman–Crippen LogP) is -1.45. The average molecular weight is 173 g/mol. The second kappa shape index (κ2) is 2.96. The van der Waals surface area contributed by atoms with Crippen LogP contribution in [-0.2, 0) is 0 Å². The van der Waals surface area contributed by atoms with Gasteiger partial charge in [0.25, 0.3) is 0 Å². The third-order valence-electron chi connectivity index (χ3n) is 3.09. The van der Waals surface area contributed by atoms with E-state index in [0.717, 1.165) is 19.4 Å². The summed E-state index contributed by atoms with van der Waals surface area (Å²) in [5, 5.41) is 28.1. The number of hydrogen-bond acceptors (Lipinski definition) is 4. The lowest BCUT2D eigenvalue weighted by molar-refractivity contribution is 0.0154. The zero-order chi connectivity index (χ0) is 8.72. The van der Waals surface area contributed by atoms with Crippen molar-refractivity contribution in [3.8, 4) is 0 Å². The van der Waals surface area contributed by atoms with Crippen LogP contribution in [0.25, 0.3) is 0 Å². The summed E-state index contributed by atoms with van der Waals surface area (Å²) in [6, 6.07) is -0.162. The van der Waals surface area contributed by atoms with Gasteiger partial charge in [0.1, 0.15) is 0 Å². The smallest absolute Gasteiger partial charge is 0.0991 e. The van der Waals surface area contributed by atoms with Gasteiger partial charge >= 0.3 is 0 Å². The molecule has 2 fully saturated rings. The Hall–Kier alpha value is -0.160. The van der Waals surface area contributed by atoms with E-state index in [0.29, 0.717) is 0 Å². The summed E-state index contributed by atoms with van der Waals surface area (Å²) in [4.78, 5) is 2.02. The Morgan fingerprint density at radius 3 is 2.67 bits per heavy atom. The van der Waals surface area contributed by atoms with Crippen molar-refractivity contribution in [1.29, 1.82) is 0 Å². The van der Waals surface area contributed by atoms with Crippen molar-refractivity contribution in [2.45, 2.75) is 37.1 Å². The molecule has 0 aromatic heterocycles. The Balaban J connectivity index is 2.15. The van der Waals surface area contributed by atoms with Gasteiger partial charge in [-0.3, -0.25) is 4.90 Å². The lowest BCUT2D eigenvalue weighted by Crippen LogP contribution is -2.38. The fourth-order valence-electron chi connectivity index (χ4n) is 2.46. The van der Waals surface area contributed by atoms with E-state index in [2.05, 4.69) is 0 Å². The van der Waals surface area contributed by atoms with Gasteiger partial charge in [0, 0.05) is 6.04 Å². The van der Waals surface area contributed by atoms with Crippen molar-refractivity contribution in [2.75, 3.05) is 13.2 Å². The Bertz CT molecular complexity index is 174. The quantitative estimate of drug-likeness (QED) is 0.454. The molecule has 4 heteroatoms. The molecule has 0 amide bonds. The molecule has 2 heterocycles. The molecular weight excluding hydrogens is 158 g/mol. The maximum Gasteiger partial charge on any atom is 0.0991 e. The first-order valence-corrected chi connectivity index (χ1v) is 4.48. The van der Waals surface area contributed by atoms with Gasteiger partial charge in [0.2, 0.25) is 0 Å². The molecule has 2 aliphatic heterocycles. The zero-order valence-electron chi connectivity index (χ0n) is 6.93. The van der Waals surface area contributed by atoms with Crippen molar-refractivity contribution in [2.24, 2.45) is 0 Å². The van der Waals surface area contributed by atoms with Gasteiger partial charge in [0.15, 0.2) is 0 Å². The Kier molecular flexibility index (Phi) is 2.08. The van der Waals surface area contributed by atoms with E-state index in [1.54, 1.807) is 0 Å². The maximum absolute atomic E-state index is 9.57. The molecular formula is C8H15NO3. The Morgan fingerprint density at radius 1 is 1.25 bits per heavy atom. The summed E-state index contributed by atoms with van der Waals surface area (Å²) in [6.07, 6.45) is 0.574. The molecule has 12 heavy (non-hydrogen) atoms. The van der Waals surface area contributed by atoms with Crippen LogP contribution in [0.1, 0.15) is 12.8 Å². The summed E-state index contributed by atoms with van der Waals surface area (Å²) in [6.45, 7) is 0.832. The third-order valence-corrected chi connectivity index (χ3v) is 3.09. The van der Waals surface area contributed by atoms with Crippen LogP contribution in [0.3, 0.4) is 0 Å². The van der Waals surface area contributed by atoms with Crippen molar-refractivity contribution in [1.82, 2.24) is 4.90 Å². The monoisotopic (exact) mass is 173 g/mol. The maximum atomic E-state index is 9.57. The molecule has 0 aliphatic carbocycles. The summed E-state index contributed by atoms with van der Waals surface area (Å²) < 4.78 is 0. The van der Waals surface area contributed by atoms with Gasteiger partial charge in [-0.15, -0.1) is 0 Å². The molecule has 4 unspecified atom stereocenters. The van der Waals surface area contributed by atoms with Crippen molar-refractivity contribution >= 4 is 0 Å². The van der Waals surface area contributed by atoms with Crippen LogP contribution in [0, 0.1) is 0 Å². The molecule has 2 rings (SSSR count). The highest BCUT2D eigenvalue weighted by molar-refractivity contribution is 5.03. The normalized spacial score (nSPS) is 48.2. The summed E-state index contributed by atoms with van der Waals surface area (Å²) >= 11 is 0. The standard InChI is InChI=1S/C8H15NO3/c10-4-6-8(12)7(11)5-2-1-3-9(5)6/h5-8,10-12H,1-4H2. The number of fused-ring (bicyclic) bond motifs is 1. The van der Waals surface area contributed by atoms with E-state index in [-0.39, 0.29) is 18.7 Å². The number of rotatable bonds is 1. The van der Waals surface area contributed by atoms with Gasteiger partial charge in [-0.05, 0) is 19.4 Å². The first kappa shape index (κ1) is 8.44. The molecule has 0 spiro atoms. The lowest BCUT2D eigenvalue weighted by atomic mass is 10.1. The summed E-state index contributed by atoms with van der Waals surface area (Å²) in [5.74, 6) is 0. The molecule has 2 aliphatic rings. The minimum atomic E-state index is -0.764. The van der Waals surface area contributed by atoms with Crippen LogP contribution in [0.15, 0.2) is 0 Å². The highest BCUT2D eigenvalue weighted by atomic mass is 16.3. The fourth-order valence-corrected chi connectivity index (χ4v) is 2.46. The van der Waals surface area contributed by atoms with Crippen LogP contribution >= 0.6 is 0 Å². The number of aliphatic hydroxyl groups excluding tert-OH is 3. The number of hydrogen-bond donors (Lipinski definition) is 3. The minimum absolute atomic E-state index is 0.0608. The Morgan fingerprint density at radius 2 is 2.00 bits per heavy atom. The second-order valence-electron chi connectivity index (χ2n) is 3.68. The summed E-state index contributed by atoms with van der Waals surface area (Å²) in [5.41, 5.74) is 0. The molecule has 4 atom stereocenters. The Labute approximate surface area is 71.4 Å². The molecule has 3 N–H and O–H groups in total. The van der Waals surface area contributed by atoms with Gasteiger partial charge < -0.3 is 15.3 Å². The molecule has 4 nitrogen and oxygen atoms in total. The molecule has 0 radical (unpaired) electrons. The van der Waals surface area contributed by atoms with Crippen molar-refractivity contribution < 1.29 is 15.3 Å². The van der Waals surface area contributed by atoms with E-state index >= 15 is 0 Å². The van der Waals surface area contributed by atoms with E-state index in [9.17, 15) is 10.2 Å². The van der Waals surface area contributed by atoms with Gasteiger partial charge in [-0.1, -0.05) is 0 Å². The van der Waals surface area contributed by atoms with Crippen LogP contribution in [-0.4, -0.2) is 57.7 Å². The first-order chi connectivity index (χ1) is 5.75. The van der Waals surface area contributed by atoms with Crippen LogP contribution < -0.4 is 0 Å². The highest BCUT2D eigenvalue weighted by Crippen LogP contribution is 2.32. The second-order valence-corrected chi connectivity index (χ2v) is 3.68. The zero-order valence-corrected chi connectivity index (χ0v) is 6.93. The van der Waals surface area contributed by atoms with E-state index in [1.807, 2.05) is 4.90 Å². The first-order valence-electron chi connectivity index (χ1n) is 4.48. The van der Waals surface area contributed by atoms with E-state index in [1.165, 1.54) is 0 Å². The third kappa shape index (κ3) is 0.992. The molecule has 0 bridgehead atoms. The molecule has 70 valence electrons. The molecule has 0 aromatic carbocycles. The van der Waals surface area contributed by atoms with Gasteiger partial charge in [0.05, 0.1) is 24.9 Å². The number of aliphatic hydroxyl groups is 3. The predicted molar refractivity (Wildman–Crippen MR) is 42.6 cm³/mol. The summed E-state index contributed by atoms with van der Waals surface area (Å²) in [7, 11) is 0. The minimum Gasteiger partial charge on any atom is -0.395 e. The van der Waals surface area contributed by atoms with Crippen molar-refractivity contribution in [3.05, 3.63) is 0 Å². The van der Waals surface area contributed by atoms with Crippen molar-refractivity contribution in [3.63, 3.8) is 0 Å². The van der Waals surface area contributed by atoms with E-state index in [4.69, 9.17) is 5.11 Å². The van der Waals surface area contributed by atoms with Crippen LogP contribution in [0.5, 0.6) is 0 Å². The average Bonchev–Trinajstić information content (AvgIpc) is 2.59. The topological polar surface area (TPSA) is 63.9 Å². The number of nitrogens with zero attached hydrogens (tertiary/aromatic N) is 1. The van der Waals surface area contributed by atoms with Gasteiger partial charge in [-0.2, -0.15) is 0 Å². The van der Waals surface area contributed by atoms with Gasteiger partial charge in [-0.25, -0.2) is 0 Å². The van der Waals surface area contributed by atoms with E-state index < -0.39 is 12.2 Å². The lowest BCUT2D eigenvalue weighted by Gasteiger charge is -2.21. The largest absolute Gasteiger partial charge is 0.395 e.